The minimum atomic E-state index is -0.687. The van der Waals surface area contributed by atoms with Crippen LogP contribution in [0.5, 0.6) is 0 Å². The van der Waals surface area contributed by atoms with Crippen molar-refractivity contribution < 1.29 is 19.1 Å². The van der Waals surface area contributed by atoms with Gasteiger partial charge in [0.25, 0.3) is 0 Å². The number of esters is 2. The SMILES string of the molecule is COC(=O)C(N)Cc1cccc(-c2ccc(C(=O)OC(C)C)cc2)c1. The summed E-state index contributed by atoms with van der Waals surface area (Å²) in [5.41, 5.74) is 9.23. The van der Waals surface area contributed by atoms with Crippen LogP contribution in [0.25, 0.3) is 11.1 Å². The molecule has 0 spiro atoms. The van der Waals surface area contributed by atoms with Gasteiger partial charge in [0, 0.05) is 0 Å². The molecule has 0 aliphatic heterocycles. The summed E-state index contributed by atoms with van der Waals surface area (Å²) < 4.78 is 9.84. The van der Waals surface area contributed by atoms with Crippen LogP contribution < -0.4 is 5.73 Å². The van der Waals surface area contributed by atoms with Gasteiger partial charge in [-0.05, 0) is 49.1 Å². The summed E-state index contributed by atoms with van der Waals surface area (Å²) in [5, 5.41) is 0. The number of nitrogens with two attached hydrogens (primary N) is 1. The third kappa shape index (κ3) is 5.16. The predicted molar refractivity (Wildman–Crippen MR) is 96.1 cm³/mol. The Labute approximate surface area is 147 Å². The van der Waals surface area contributed by atoms with Crippen LogP contribution in [-0.2, 0) is 20.7 Å². The standard InChI is InChI=1S/C20H23NO4/c1-13(2)25-19(22)16-9-7-15(8-10-16)17-6-4-5-14(11-17)12-18(21)20(23)24-3/h4-11,13,18H,12,21H2,1-3H3. The number of hydrogen-bond acceptors (Lipinski definition) is 5. The largest absolute Gasteiger partial charge is 0.468 e. The van der Waals surface area contributed by atoms with Gasteiger partial charge in [0.2, 0.25) is 0 Å². The van der Waals surface area contributed by atoms with E-state index in [0.717, 1.165) is 16.7 Å². The molecule has 132 valence electrons. The molecule has 0 amide bonds. The molecule has 0 aliphatic carbocycles. The van der Waals surface area contributed by atoms with Crippen LogP contribution in [0.3, 0.4) is 0 Å². The molecule has 1 atom stereocenters. The second-order valence-electron chi connectivity index (χ2n) is 6.07. The first kappa shape index (κ1) is 18.7. The maximum absolute atomic E-state index is 11.9. The molecule has 2 rings (SSSR count). The summed E-state index contributed by atoms with van der Waals surface area (Å²) in [7, 11) is 1.32. The number of ether oxygens (including phenoxy) is 2. The van der Waals surface area contributed by atoms with Crippen molar-refractivity contribution in [2.75, 3.05) is 7.11 Å². The van der Waals surface area contributed by atoms with Crippen LogP contribution >= 0.6 is 0 Å². The normalized spacial score (nSPS) is 11.9. The highest BCUT2D eigenvalue weighted by molar-refractivity contribution is 5.90. The van der Waals surface area contributed by atoms with Crippen LogP contribution in [0.15, 0.2) is 48.5 Å². The van der Waals surface area contributed by atoms with Gasteiger partial charge in [0.1, 0.15) is 6.04 Å². The van der Waals surface area contributed by atoms with Crippen molar-refractivity contribution in [1.82, 2.24) is 0 Å². The van der Waals surface area contributed by atoms with Crippen LogP contribution in [-0.4, -0.2) is 31.2 Å². The summed E-state index contributed by atoms with van der Waals surface area (Å²) in [6.45, 7) is 3.63. The van der Waals surface area contributed by atoms with E-state index in [2.05, 4.69) is 4.74 Å². The number of hydrogen-bond donors (Lipinski definition) is 1. The molecular weight excluding hydrogens is 318 g/mol. The maximum atomic E-state index is 11.9. The van der Waals surface area contributed by atoms with Crippen LogP contribution in [0.1, 0.15) is 29.8 Å². The zero-order chi connectivity index (χ0) is 18.4. The molecule has 0 saturated heterocycles. The van der Waals surface area contributed by atoms with Crippen molar-refractivity contribution in [2.45, 2.75) is 32.4 Å². The Morgan fingerprint density at radius 2 is 1.72 bits per heavy atom. The van der Waals surface area contributed by atoms with E-state index in [0.29, 0.717) is 12.0 Å². The van der Waals surface area contributed by atoms with Crippen molar-refractivity contribution in [1.29, 1.82) is 0 Å². The molecule has 0 bridgehead atoms. The first-order valence-electron chi connectivity index (χ1n) is 8.14. The van der Waals surface area contributed by atoms with Gasteiger partial charge in [-0.3, -0.25) is 4.79 Å². The minimum Gasteiger partial charge on any atom is -0.468 e. The third-order valence-electron chi connectivity index (χ3n) is 3.68. The number of rotatable bonds is 6. The Bertz CT molecular complexity index is 738. The van der Waals surface area contributed by atoms with E-state index in [1.807, 2.05) is 50.2 Å². The van der Waals surface area contributed by atoms with Crippen LogP contribution in [0.2, 0.25) is 0 Å². The van der Waals surface area contributed by atoms with E-state index in [4.69, 9.17) is 10.5 Å². The molecule has 2 N–H and O–H groups in total. The second-order valence-corrected chi connectivity index (χ2v) is 6.07. The summed E-state index contributed by atoms with van der Waals surface area (Å²) in [5.74, 6) is -0.766. The lowest BCUT2D eigenvalue weighted by Gasteiger charge is -2.11. The molecule has 1 unspecified atom stereocenters. The topological polar surface area (TPSA) is 78.6 Å². The maximum Gasteiger partial charge on any atom is 0.338 e. The van der Waals surface area contributed by atoms with Gasteiger partial charge in [0.05, 0.1) is 18.8 Å². The Hall–Kier alpha value is -2.66. The second kappa shape index (κ2) is 8.44. The number of carbonyl (C=O) groups is 2. The molecule has 5 nitrogen and oxygen atoms in total. The highest BCUT2D eigenvalue weighted by Crippen LogP contribution is 2.22. The van der Waals surface area contributed by atoms with Gasteiger partial charge in [0.15, 0.2) is 0 Å². The van der Waals surface area contributed by atoms with Crippen LogP contribution in [0.4, 0.5) is 0 Å². The molecule has 5 heteroatoms. The fraction of sp³-hybridized carbons (Fsp3) is 0.300. The first-order chi connectivity index (χ1) is 11.9. The van der Waals surface area contributed by atoms with Gasteiger partial charge in [-0.1, -0.05) is 36.4 Å². The summed E-state index contributed by atoms with van der Waals surface area (Å²) in [4.78, 5) is 23.3. The van der Waals surface area contributed by atoms with Crippen molar-refractivity contribution in [2.24, 2.45) is 5.73 Å². The number of benzene rings is 2. The Morgan fingerprint density at radius 1 is 1.04 bits per heavy atom. The lowest BCUT2D eigenvalue weighted by atomic mass is 9.99. The summed E-state index contributed by atoms with van der Waals surface area (Å²) >= 11 is 0. The number of methoxy groups -OCH3 is 1. The van der Waals surface area contributed by atoms with Gasteiger partial charge in [-0.25, -0.2) is 4.79 Å². The zero-order valence-electron chi connectivity index (χ0n) is 14.7. The molecular formula is C20H23NO4. The van der Waals surface area contributed by atoms with Crippen molar-refractivity contribution >= 4 is 11.9 Å². The quantitative estimate of drug-likeness (QED) is 0.817. The van der Waals surface area contributed by atoms with E-state index < -0.39 is 12.0 Å². The van der Waals surface area contributed by atoms with E-state index in [9.17, 15) is 9.59 Å². The first-order valence-corrected chi connectivity index (χ1v) is 8.14. The number of carbonyl (C=O) groups excluding carboxylic acids is 2. The van der Waals surface area contributed by atoms with Gasteiger partial charge in [-0.15, -0.1) is 0 Å². The zero-order valence-corrected chi connectivity index (χ0v) is 14.7. The van der Waals surface area contributed by atoms with Crippen LogP contribution in [0, 0.1) is 0 Å². The molecule has 0 aromatic heterocycles. The fourth-order valence-electron chi connectivity index (χ4n) is 2.45. The lowest BCUT2D eigenvalue weighted by molar-refractivity contribution is -0.142. The fourth-order valence-corrected chi connectivity index (χ4v) is 2.45. The average molecular weight is 341 g/mol. The predicted octanol–water partition coefficient (Wildman–Crippen LogP) is 2.96. The van der Waals surface area contributed by atoms with Crippen molar-refractivity contribution in [3.05, 3.63) is 59.7 Å². The molecule has 2 aromatic carbocycles. The molecule has 0 heterocycles. The van der Waals surface area contributed by atoms with E-state index in [1.54, 1.807) is 12.1 Å². The third-order valence-corrected chi connectivity index (χ3v) is 3.68. The Balaban J connectivity index is 2.15. The summed E-state index contributed by atoms with van der Waals surface area (Å²) in [6.07, 6.45) is 0.252. The van der Waals surface area contributed by atoms with Crippen molar-refractivity contribution in [3.8, 4) is 11.1 Å². The Morgan fingerprint density at radius 3 is 2.32 bits per heavy atom. The summed E-state index contributed by atoms with van der Waals surface area (Å²) in [6, 6.07) is 14.3. The Kier molecular flexibility index (Phi) is 6.31. The molecule has 0 aliphatic rings. The smallest absolute Gasteiger partial charge is 0.338 e. The van der Waals surface area contributed by atoms with E-state index >= 15 is 0 Å². The lowest BCUT2D eigenvalue weighted by Crippen LogP contribution is -2.33. The van der Waals surface area contributed by atoms with Gasteiger partial charge < -0.3 is 15.2 Å². The molecule has 0 radical (unpaired) electrons. The van der Waals surface area contributed by atoms with Gasteiger partial charge >= 0.3 is 11.9 Å². The minimum absolute atomic E-state index is 0.150. The highest BCUT2D eigenvalue weighted by Gasteiger charge is 2.14. The van der Waals surface area contributed by atoms with Crippen molar-refractivity contribution in [3.63, 3.8) is 0 Å². The van der Waals surface area contributed by atoms with E-state index in [-0.39, 0.29) is 12.1 Å². The molecule has 0 fully saturated rings. The monoisotopic (exact) mass is 341 g/mol. The molecule has 25 heavy (non-hydrogen) atoms. The van der Waals surface area contributed by atoms with Gasteiger partial charge in [-0.2, -0.15) is 0 Å². The molecule has 2 aromatic rings. The van der Waals surface area contributed by atoms with E-state index in [1.165, 1.54) is 7.11 Å². The molecule has 0 saturated carbocycles. The average Bonchev–Trinajstić information content (AvgIpc) is 2.60. The highest BCUT2D eigenvalue weighted by atomic mass is 16.5.